The van der Waals surface area contributed by atoms with E-state index in [0.29, 0.717) is 24.0 Å². The van der Waals surface area contributed by atoms with E-state index in [2.05, 4.69) is 33.7 Å². The second-order valence-electron chi connectivity index (χ2n) is 11.3. The number of aromatic nitrogens is 3. The van der Waals surface area contributed by atoms with E-state index in [-0.39, 0.29) is 17.5 Å². The number of piperidine rings is 1. The van der Waals surface area contributed by atoms with Crippen molar-refractivity contribution < 1.29 is 19.0 Å². The highest BCUT2D eigenvalue weighted by Gasteiger charge is 2.58. The molecule has 4 heterocycles. The molecule has 0 bridgehead atoms. The Bertz CT molecular complexity index is 1530. The molecule has 2 aliphatic heterocycles. The summed E-state index contributed by atoms with van der Waals surface area (Å²) >= 11 is 0. The number of hydrogen-bond donors (Lipinski definition) is 0. The van der Waals surface area contributed by atoms with Crippen LogP contribution in [0.2, 0.25) is 0 Å². The van der Waals surface area contributed by atoms with Gasteiger partial charge in [0, 0.05) is 24.6 Å². The zero-order valence-electron chi connectivity index (χ0n) is 22.8. The maximum atomic E-state index is 12.2. The molecule has 2 aromatic heterocycles. The first kappa shape index (κ1) is 25.2. The first-order valence-electron chi connectivity index (χ1n) is 14.2. The monoisotopic (exact) mass is 538 g/mol. The van der Waals surface area contributed by atoms with Crippen LogP contribution in [0.1, 0.15) is 46.7 Å². The second kappa shape index (κ2) is 10.3. The molecule has 3 atom stereocenters. The van der Waals surface area contributed by atoms with E-state index in [0.717, 1.165) is 80.2 Å². The molecule has 40 heavy (non-hydrogen) atoms. The minimum absolute atomic E-state index is 0.151. The van der Waals surface area contributed by atoms with Crippen LogP contribution in [0.15, 0.2) is 66.7 Å². The van der Waals surface area contributed by atoms with Crippen LogP contribution in [-0.4, -0.2) is 58.3 Å². The average molecular weight is 539 g/mol. The highest BCUT2D eigenvalue weighted by Crippen LogP contribution is 2.58. The van der Waals surface area contributed by atoms with E-state index in [9.17, 15) is 4.79 Å². The highest BCUT2D eigenvalue weighted by molar-refractivity contribution is 5.93. The van der Waals surface area contributed by atoms with Gasteiger partial charge in [-0.2, -0.15) is 0 Å². The van der Waals surface area contributed by atoms with Crippen molar-refractivity contribution in [2.24, 2.45) is 5.92 Å². The number of hydrogen-bond acceptors (Lipinski definition) is 7. The van der Waals surface area contributed by atoms with Gasteiger partial charge in [0.2, 0.25) is 5.88 Å². The largest absolute Gasteiger partial charge is 0.473 e. The molecule has 0 N–H and O–H groups in total. The number of methoxy groups -OCH3 is 1. The normalized spacial score (nSPS) is 23.8. The van der Waals surface area contributed by atoms with Crippen molar-refractivity contribution >= 4 is 17.0 Å². The quantitative estimate of drug-likeness (QED) is 0.285. The zero-order chi connectivity index (χ0) is 27.1. The third-order valence-corrected chi connectivity index (χ3v) is 8.84. The van der Waals surface area contributed by atoms with E-state index in [1.54, 1.807) is 6.07 Å². The molecule has 2 saturated heterocycles. The van der Waals surface area contributed by atoms with Crippen LogP contribution in [-0.2, 0) is 34.6 Å². The number of rotatable bonds is 9. The number of carbonyl (C=O) groups excluding carboxylic acids is 1. The van der Waals surface area contributed by atoms with E-state index >= 15 is 0 Å². The van der Waals surface area contributed by atoms with Crippen LogP contribution >= 0.6 is 0 Å². The fourth-order valence-electron chi connectivity index (χ4n) is 6.35. The molecule has 3 fully saturated rings. The Balaban J connectivity index is 1.06. The number of pyridine rings is 1. The average Bonchev–Trinajstić information content (AvgIpc) is 3.62. The molecule has 8 heteroatoms. The van der Waals surface area contributed by atoms with Gasteiger partial charge in [0.1, 0.15) is 12.4 Å². The number of esters is 1. The minimum Gasteiger partial charge on any atom is -0.473 e. The van der Waals surface area contributed by atoms with Gasteiger partial charge in [-0.3, -0.25) is 4.90 Å². The summed E-state index contributed by atoms with van der Waals surface area (Å²) in [6.07, 6.45) is 3.47. The molecular weight excluding hydrogens is 504 g/mol. The van der Waals surface area contributed by atoms with Gasteiger partial charge < -0.3 is 18.8 Å². The topological polar surface area (TPSA) is 78.7 Å². The molecular formula is C32H34N4O4. The van der Waals surface area contributed by atoms with Crippen LogP contribution in [0.3, 0.4) is 0 Å². The smallest absolute Gasteiger partial charge is 0.337 e. The highest BCUT2D eigenvalue weighted by atomic mass is 16.5. The molecule has 0 radical (unpaired) electrons. The third-order valence-electron chi connectivity index (χ3n) is 8.84. The molecule has 0 amide bonds. The number of imidazole rings is 1. The SMILES string of the molecule is COC(=O)c1ccc2nc(CN3CC[C@]4(c5cccc(OCc6ccccc6)n5)C[C@@H]4C3)n(C[C@@H]3CCO3)c2c1. The number of benzene rings is 2. The van der Waals surface area contributed by atoms with Gasteiger partial charge in [-0.25, -0.2) is 14.8 Å². The maximum Gasteiger partial charge on any atom is 0.337 e. The number of likely N-dealkylation sites (tertiary alicyclic amines) is 1. The van der Waals surface area contributed by atoms with Gasteiger partial charge in [-0.05, 0) is 61.6 Å². The molecule has 1 aliphatic carbocycles. The lowest BCUT2D eigenvalue weighted by Gasteiger charge is -2.32. The molecule has 8 nitrogen and oxygen atoms in total. The fourth-order valence-corrected chi connectivity index (χ4v) is 6.35. The van der Waals surface area contributed by atoms with Crippen LogP contribution in [0, 0.1) is 5.92 Å². The molecule has 0 spiro atoms. The van der Waals surface area contributed by atoms with Crippen LogP contribution < -0.4 is 4.74 Å². The van der Waals surface area contributed by atoms with Crippen molar-refractivity contribution in [1.29, 1.82) is 0 Å². The van der Waals surface area contributed by atoms with E-state index < -0.39 is 0 Å². The number of ether oxygens (including phenoxy) is 3. The molecule has 4 aromatic rings. The molecule has 3 aliphatic rings. The van der Waals surface area contributed by atoms with E-state index in [4.69, 9.17) is 24.2 Å². The molecule has 2 aromatic carbocycles. The van der Waals surface area contributed by atoms with E-state index in [1.807, 2.05) is 36.4 Å². The van der Waals surface area contributed by atoms with Crippen molar-refractivity contribution in [2.45, 2.75) is 50.5 Å². The Morgan fingerprint density at radius 3 is 2.75 bits per heavy atom. The van der Waals surface area contributed by atoms with E-state index in [1.165, 1.54) is 7.11 Å². The first-order chi connectivity index (χ1) is 19.6. The standard InChI is InChI=1S/C32H34N4O4/c1-38-31(37)23-10-11-26-27(16-23)36(19-25-12-15-39-25)29(33-26)20-35-14-13-32(17-24(32)18-35)28-8-5-9-30(34-28)40-21-22-6-3-2-4-7-22/h2-11,16,24-25H,12-15,17-21H2,1H3/t24-,25+,32+/m1/s1. The van der Waals surface area contributed by atoms with Crippen molar-refractivity contribution in [3.05, 3.63) is 89.4 Å². The predicted molar refractivity (Wildman–Crippen MR) is 150 cm³/mol. The van der Waals surface area contributed by atoms with Gasteiger partial charge in [0.05, 0.1) is 48.6 Å². The summed E-state index contributed by atoms with van der Waals surface area (Å²) in [7, 11) is 1.41. The fraction of sp³-hybridized carbons (Fsp3) is 0.406. The van der Waals surface area contributed by atoms with Gasteiger partial charge in [-0.15, -0.1) is 0 Å². The summed E-state index contributed by atoms with van der Waals surface area (Å²) in [6, 6.07) is 22.0. The maximum absolute atomic E-state index is 12.2. The molecule has 206 valence electrons. The summed E-state index contributed by atoms with van der Waals surface area (Å²) in [5.74, 6) is 1.97. The number of nitrogens with zero attached hydrogens (tertiary/aromatic N) is 4. The Kier molecular flexibility index (Phi) is 6.52. The van der Waals surface area contributed by atoms with Crippen molar-refractivity contribution in [3.8, 4) is 5.88 Å². The summed E-state index contributed by atoms with van der Waals surface area (Å²) < 4.78 is 19.0. The Morgan fingerprint density at radius 1 is 1.10 bits per heavy atom. The van der Waals surface area contributed by atoms with Crippen LogP contribution in [0.25, 0.3) is 11.0 Å². The summed E-state index contributed by atoms with van der Waals surface area (Å²) in [4.78, 5) is 24.7. The first-order valence-corrected chi connectivity index (χ1v) is 14.2. The second-order valence-corrected chi connectivity index (χ2v) is 11.3. The Labute approximate surface area is 233 Å². The van der Waals surface area contributed by atoms with Gasteiger partial charge in [-0.1, -0.05) is 36.4 Å². The summed E-state index contributed by atoms with van der Waals surface area (Å²) in [5, 5.41) is 0. The van der Waals surface area contributed by atoms with Gasteiger partial charge in [0.25, 0.3) is 0 Å². The van der Waals surface area contributed by atoms with Crippen molar-refractivity contribution in [1.82, 2.24) is 19.4 Å². The van der Waals surface area contributed by atoms with Crippen LogP contribution in [0.5, 0.6) is 5.88 Å². The Morgan fingerprint density at radius 2 is 1.98 bits per heavy atom. The lowest BCUT2D eigenvalue weighted by molar-refractivity contribution is -0.0592. The predicted octanol–water partition coefficient (Wildman–Crippen LogP) is 4.75. The summed E-state index contributed by atoms with van der Waals surface area (Å²) in [5.41, 5.74) is 4.85. The number of fused-ring (bicyclic) bond motifs is 2. The zero-order valence-corrected chi connectivity index (χ0v) is 22.8. The van der Waals surface area contributed by atoms with Crippen molar-refractivity contribution in [3.63, 3.8) is 0 Å². The third kappa shape index (κ3) is 4.75. The van der Waals surface area contributed by atoms with Crippen LogP contribution in [0.4, 0.5) is 0 Å². The number of carbonyl (C=O) groups is 1. The Hall–Kier alpha value is -3.75. The summed E-state index contributed by atoms with van der Waals surface area (Å²) in [6.45, 7) is 4.86. The molecule has 1 saturated carbocycles. The van der Waals surface area contributed by atoms with Crippen molar-refractivity contribution in [2.75, 3.05) is 26.8 Å². The van der Waals surface area contributed by atoms with Gasteiger partial charge >= 0.3 is 5.97 Å². The molecule has 0 unspecified atom stereocenters. The molecule has 7 rings (SSSR count). The van der Waals surface area contributed by atoms with Gasteiger partial charge in [0.15, 0.2) is 0 Å². The lowest BCUT2D eigenvalue weighted by Crippen LogP contribution is -2.37. The minimum atomic E-state index is -0.333. The lowest BCUT2D eigenvalue weighted by atomic mass is 9.91.